The van der Waals surface area contributed by atoms with Crippen LogP contribution in [-0.2, 0) is 19.7 Å². The van der Waals surface area contributed by atoms with Gasteiger partial charge in [-0.2, -0.15) is 13.1 Å². The van der Waals surface area contributed by atoms with E-state index in [9.17, 15) is 18.0 Å². The van der Waals surface area contributed by atoms with Gasteiger partial charge in [-0.15, -0.1) is 0 Å². The third-order valence-corrected chi connectivity index (χ3v) is 3.17. The summed E-state index contributed by atoms with van der Waals surface area (Å²) in [5.41, 5.74) is -0.271. The Morgan fingerprint density at radius 2 is 1.85 bits per heavy atom. The lowest BCUT2D eigenvalue weighted by Crippen LogP contribution is -2.47. The summed E-state index contributed by atoms with van der Waals surface area (Å²) in [6, 6.07) is -0.820. The number of carboxylic acid groups (broad SMARTS) is 1. The second-order valence-electron chi connectivity index (χ2n) is 5.50. The third kappa shape index (κ3) is 9.56. The van der Waals surface area contributed by atoms with Crippen LogP contribution in [-0.4, -0.2) is 38.2 Å². The molecule has 9 heteroatoms. The van der Waals surface area contributed by atoms with E-state index in [4.69, 9.17) is 5.11 Å². The molecule has 0 saturated heterocycles. The molecular weight excluding hydrogens is 288 g/mol. The second-order valence-corrected chi connectivity index (χ2v) is 6.95. The van der Waals surface area contributed by atoms with Gasteiger partial charge in [-0.3, -0.25) is 4.79 Å². The Labute approximate surface area is 119 Å². The molecule has 0 saturated carbocycles. The number of hydrogen-bond donors (Lipinski definition) is 3. The van der Waals surface area contributed by atoms with Crippen LogP contribution in [0.2, 0.25) is 0 Å². The zero-order chi connectivity index (χ0) is 16.0. The fourth-order valence-corrected chi connectivity index (χ4v) is 2.57. The molecule has 1 unspecified atom stereocenters. The Morgan fingerprint density at radius 1 is 1.30 bits per heavy atom. The van der Waals surface area contributed by atoms with Gasteiger partial charge in [0.2, 0.25) is 0 Å². The Balaban J connectivity index is 4.78. The van der Waals surface area contributed by atoms with E-state index in [-0.39, 0.29) is 18.4 Å². The fraction of sp³-hybridized carbons (Fsp3) is 0.818. The Bertz CT molecular complexity index is 440. The molecule has 0 aliphatic rings. The SMILES string of the molecule is CCOC(=O)NS(=O)(=O)NC(CC(=O)O)CC(C)(C)C. The van der Waals surface area contributed by atoms with E-state index >= 15 is 0 Å². The van der Waals surface area contributed by atoms with E-state index in [1.54, 1.807) is 4.72 Å². The molecule has 0 aliphatic heterocycles. The van der Waals surface area contributed by atoms with Crippen molar-refractivity contribution in [3.63, 3.8) is 0 Å². The van der Waals surface area contributed by atoms with Crippen molar-refractivity contribution < 1.29 is 27.9 Å². The van der Waals surface area contributed by atoms with Crippen LogP contribution in [0.1, 0.15) is 40.5 Å². The summed E-state index contributed by atoms with van der Waals surface area (Å²) in [6.45, 7) is 7.13. The van der Waals surface area contributed by atoms with Crippen LogP contribution in [0.4, 0.5) is 4.79 Å². The average Bonchev–Trinajstić information content (AvgIpc) is 2.10. The van der Waals surface area contributed by atoms with Crippen molar-refractivity contribution in [1.82, 2.24) is 9.44 Å². The van der Waals surface area contributed by atoms with Gasteiger partial charge in [0.25, 0.3) is 0 Å². The quantitative estimate of drug-likeness (QED) is 0.640. The Kier molecular flexibility index (Phi) is 6.94. The van der Waals surface area contributed by atoms with Crippen LogP contribution in [0.5, 0.6) is 0 Å². The molecule has 0 aromatic heterocycles. The highest BCUT2D eigenvalue weighted by Crippen LogP contribution is 2.22. The van der Waals surface area contributed by atoms with Crippen LogP contribution in [0.3, 0.4) is 0 Å². The largest absolute Gasteiger partial charge is 0.481 e. The predicted molar refractivity (Wildman–Crippen MR) is 72.3 cm³/mol. The normalized spacial score (nSPS) is 13.6. The monoisotopic (exact) mass is 310 g/mol. The summed E-state index contributed by atoms with van der Waals surface area (Å²) >= 11 is 0. The van der Waals surface area contributed by atoms with Crippen molar-refractivity contribution in [2.45, 2.75) is 46.6 Å². The van der Waals surface area contributed by atoms with Crippen molar-refractivity contribution in [3.05, 3.63) is 0 Å². The van der Waals surface area contributed by atoms with E-state index in [1.807, 2.05) is 20.8 Å². The first kappa shape index (κ1) is 18.7. The fourth-order valence-electron chi connectivity index (χ4n) is 1.62. The summed E-state index contributed by atoms with van der Waals surface area (Å²) in [5.74, 6) is -1.13. The standard InChI is InChI=1S/C11H22N2O6S/c1-5-19-10(16)13-20(17,18)12-8(6-9(14)15)7-11(2,3)4/h8,12H,5-7H2,1-4H3,(H,13,16)(H,14,15). The number of rotatable bonds is 7. The highest BCUT2D eigenvalue weighted by Gasteiger charge is 2.26. The van der Waals surface area contributed by atoms with Crippen LogP contribution in [0, 0.1) is 5.41 Å². The minimum atomic E-state index is -4.16. The van der Waals surface area contributed by atoms with Crippen LogP contribution in [0.25, 0.3) is 0 Å². The highest BCUT2D eigenvalue weighted by atomic mass is 32.2. The molecule has 0 fully saturated rings. The molecule has 0 rings (SSSR count). The summed E-state index contributed by atoms with van der Waals surface area (Å²) in [7, 11) is -4.16. The molecule has 0 aromatic carbocycles. The van der Waals surface area contributed by atoms with Crippen molar-refractivity contribution in [1.29, 1.82) is 0 Å². The number of hydrogen-bond acceptors (Lipinski definition) is 5. The molecular formula is C11H22N2O6S. The van der Waals surface area contributed by atoms with Crippen molar-refractivity contribution >= 4 is 22.3 Å². The molecule has 3 N–H and O–H groups in total. The number of carboxylic acids is 1. The molecule has 118 valence electrons. The molecule has 0 radical (unpaired) electrons. The first-order valence-corrected chi connectivity index (χ1v) is 7.62. The average molecular weight is 310 g/mol. The smallest absolute Gasteiger partial charge is 0.421 e. The molecule has 0 bridgehead atoms. The summed E-state index contributed by atoms with van der Waals surface area (Å²) in [6.07, 6.45) is -1.17. The lowest BCUT2D eigenvalue weighted by atomic mass is 9.87. The van der Waals surface area contributed by atoms with E-state index in [0.29, 0.717) is 6.42 Å². The maximum atomic E-state index is 11.7. The topological polar surface area (TPSA) is 122 Å². The first-order valence-electron chi connectivity index (χ1n) is 6.14. The molecule has 0 aliphatic carbocycles. The molecule has 0 aromatic rings. The van der Waals surface area contributed by atoms with Crippen LogP contribution >= 0.6 is 0 Å². The van der Waals surface area contributed by atoms with Gasteiger partial charge < -0.3 is 9.84 Å². The van der Waals surface area contributed by atoms with Gasteiger partial charge in [-0.1, -0.05) is 20.8 Å². The molecule has 8 nitrogen and oxygen atoms in total. The zero-order valence-electron chi connectivity index (χ0n) is 12.1. The molecule has 0 heterocycles. The van der Waals surface area contributed by atoms with Crippen LogP contribution < -0.4 is 9.44 Å². The van der Waals surface area contributed by atoms with Crippen molar-refractivity contribution in [2.75, 3.05) is 6.61 Å². The maximum Gasteiger partial charge on any atom is 0.421 e. The maximum absolute atomic E-state index is 11.7. The van der Waals surface area contributed by atoms with Crippen molar-refractivity contribution in [3.8, 4) is 0 Å². The summed E-state index contributed by atoms with van der Waals surface area (Å²) in [5, 5.41) is 8.80. The Morgan fingerprint density at radius 3 is 2.25 bits per heavy atom. The molecule has 0 spiro atoms. The number of amides is 1. The summed E-state index contributed by atoms with van der Waals surface area (Å²) < 4.78 is 31.6. The van der Waals surface area contributed by atoms with Crippen LogP contribution in [0.15, 0.2) is 0 Å². The minimum Gasteiger partial charge on any atom is -0.481 e. The minimum absolute atomic E-state index is 0.0297. The van der Waals surface area contributed by atoms with Gasteiger partial charge in [0.05, 0.1) is 13.0 Å². The van der Waals surface area contributed by atoms with Gasteiger partial charge >= 0.3 is 22.3 Å². The van der Waals surface area contributed by atoms with Crippen molar-refractivity contribution in [2.24, 2.45) is 5.41 Å². The van der Waals surface area contributed by atoms with Gasteiger partial charge in [-0.25, -0.2) is 9.52 Å². The number of carbonyl (C=O) groups excluding carboxylic acids is 1. The first-order chi connectivity index (χ1) is 8.95. The third-order valence-electron chi connectivity index (χ3n) is 2.09. The Hall–Kier alpha value is -1.35. The zero-order valence-corrected chi connectivity index (χ0v) is 12.9. The lowest BCUT2D eigenvalue weighted by molar-refractivity contribution is -0.137. The van der Waals surface area contributed by atoms with E-state index in [0.717, 1.165) is 0 Å². The number of nitrogens with one attached hydrogen (secondary N) is 2. The van der Waals surface area contributed by atoms with E-state index in [2.05, 4.69) is 9.46 Å². The van der Waals surface area contributed by atoms with E-state index < -0.39 is 28.3 Å². The summed E-state index contributed by atoms with van der Waals surface area (Å²) in [4.78, 5) is 21.8. The highest BCUT2D eigenvalue weighted by molar-refractivity contribution is 7.88. The number of aliphatic carboxylic acids is 1. The predicted octanol–water partition coefficient (Wildman–Crippen LogP) is 0.846. The van der Waals surface area contributed by atoms with Gasteiger partial charge in [0, 0.05) is 6.04 Å². The number of carbonyl (C=O) groups is 2. The molecule has 1 atom stereocenters. The molecule has 1 amide bonds. The number of ether oxygens (including phenoxy) is 1. The lowest BCUT2D eigenvalue weighted by Gasteiger charge is -2.25. The van der Waals surface area contributed by atoms with Gasteiger partial charge in [0.1, 0.15) is 0 Å². The molecule has 20 heavy (non-hydrogen) atoms. The van der Waals surface area contributed by atoms with E-state index in [1.165, 1.54) is 6.92 Å². The van der Waals surface area contributed by atoms with Gasteiger partial charge in [0.15, 0.2) is 0 Å². The van der Waals surface area contributed by atoms with Gasteiger partial charge in [-0.05, 0) is 18.8 Å². The second kappa shape index (κ2) is 7.44.